The highest BCUT2D eigenvalue weighted by Crippen LogP contribution is 2.19. The molecule has 0 aromatic heterocycles. The van der Waals surface area contributed by atoms with Gasteiger partial charge in [-0.2, -0.15) is 0 Å². The molecule has 21 heavy (non-hydrogen) atoms. The quantitative estimate of drug-likeness (QED) is 0.814. The number of hydrogen-bond donors (Lipinski definition) is 2. The van der Waals surface area contributed by atoms with Crippen molar-refractivity contribution >= 4 is 11.6 Å². The van der Waals surface area contributed by atoms with Crippen LogP contribution in [0.4, 0.5) is 18.9 Å². The number of carbonyl (C=O) groups is 1. The first-order chi connectivity index (χ1) is 10.0. The Morgan fingerprint density at radius 1 is 1.38 bits per heavy atom. The van der Waals surface area contributed by atoms with Crippen LogP contribution in [0.3, 0.4) is 0 Å². The minimum Gasteiger partial charge on any atom is -0.322 e. The van der Waals surface area contributed by atoms with Crippen LogP contribution in [-0.2, 0) is 4.79 Å². The SMILES string of the molecule is CCN(CC(=O)Nc1ccc(F)c(F)c1F)C1CCNC1. The van der Waals surface area contributed by atoms with Gasteiger partial charge in [0.05, 0.1) is 12.2 Å². The van der Waals surface area contributed by atoms with E-state index in [2.05, 4.69) is 10.6 Å². The highest BCUT2D eigenvalue weighted by molar-refractivity contribution is 5.92. The first-order valence-electron chi connectivity index (χ1n) is 6.91. The second-order valence-electron chi connectivity index (χ2n) is 4.98. The molecule has 4 nitrogen and oxygen atoms in total. The Hall–Kier alpha value is -1.60. The van der Waals surface area contributed by atoms with Crippen molar-refractivity contribution in [2.24, 2.45) is 0 Å². The third-order valence-corrected chi connectivity index (χ3v) is 3.61. The highest BCUT2D eigenvalue weighted by atomic mass is 19.2. The van der Waals surface area contributed by atoms with Crippen LogP contribution in [-0.4, -0.2) is 43.0 Å². The van der Waals surface area contributed by atoms with E-state index >= 15 is 0 Å². The molecule has 0 aliphatic carbocycles. The molecule has 116 valence electrons. The van der Waals surface area contributed by atoms with E-state index in [4.69, 9.17) is 0 Å². The third-order valence-electron chi connectivity index (χ3n) is 3.61. The van der Waals surface area contributed by atoms with E-state index in [0.717, 1.165) is 31.6 Å². The van der Waals surface area contributed by atoms with E-state index < -0.39 is 23.4 Å². The number of benzene rings is 1. The maximum Gasteiger partial charge on any atom is 0.238 e. The van der Waals surface area contributed by atoms with Gasteiger partial charge in [-0.15, -0.1) is 0 Å². The van der Waals surface area contributed by atoms with Crippen LogP contribution >= 0.6 is 0 Å². The summed E-state index contributed by atoms with van der Waals surface area (Å²) in [5, 5.41) is 5.49. The summed E-state index contributed by atoms with van der Waals surface area (Å²) in [5.41, 5.74) is -0.348. The molecule has 0 bridgehead atoms. The van der Waals surface area contributed by atoms with E-state index in [1.807, 2.05) is 11.8 Å². The fraction of sp³-hybridized carbons (Fsp3) is 0.500. The number of amides is 1. The minimum absolute atomic E-state index is 0.0846. The molecule has 1 heterocycles. The average Bonchev–Trinajstić information content (AvgIpc) is 2.99. The summed E-state index contributed by atoms with van der Waals surface area (Å²) in [7, 11) is 0. The summed E-state index contributed by atoms with van der Waals surface area (Å²) in [5.74, 6) is -4.69. The lowest BCUT2D eigenvalue weighted by Gasteiger charge is -2.26. The van der Waals surface area contributed by atoms with Crippen molar-refractivity contribution in [2.75, 3.05) is 31.5 Å². The van der Waals surface area contributed by atoms with Crippen LogP contribution in [0, 0.1) is 17.5 Å². The third kappa shape index (κ3) is 3.74. The Bertz CT molecular complexity index is 518. The van der Waals surface area contributed by atoms with Crippen molar-refractivity contribution in [1.29, 1.82) is 0 Å². The smallest absolute Gasteiger partial charge is 0.238 e. The van der Waals surface area contributed by atoms with E-state index in [0.29, 0.717) is 6.54 Å². The monoisotopic (exact) mass is 301 g/mol. The number of rotatable bonds is 5. The molecule has 1 saturated heterocycles. The fourth-order valence-electron chi connectivity index (χ4n) is 2.45. The minimum atomic E-state index is -1.58. The summed E-state index contributed by atoms with van der Waals surface area (Å²) < 4.78 is 39.4. The zero-order chi connectivity index (χ0) is 15.4. The fourth-order valence-corrected chi connectivity index (χ4v) is 2.45. The molecule has 1 unspecified atom stereocenters. The predicted molar refractivity (Wildman–Crippen MR) is 73.5 cm³/mol. The Morgan fingerprint density at radius 2 is 2.14 bits per heavy atom. The maximum atomic E-state index is 13.5. The molecule has 1 atom stereocenters. The molecule has 0 radical (unpaired) electrons. The number of carbonyl (C=O) groups excluding carboxylic acids is 1. The average molecular weight is 301 g/mol. The van der Waals surface area contributed by atoms with Gasteiger partial charge in [0.1, 0.15) is 0 Å². The number of nitrogens with zero attached hydrogens (tertiary/aromatic N) is 1. The van der Waals surface area contributed by atoms with Crippen LogP contribution in [0.25, 0.3) is 0 Å². The maximum absolute atomic E-state index is 13.5. The molecule has 1 aliphatic heterocycles. The van der Waals surface area contributed by atoms with Crippen LogP contribution in [0.1, 0.15) is 13.3 Å². The Morgan fingerprint density at radius 3 is 2.76 bits per heavy atom. The van der Waals surface area contributed by atoms with Gasteiger partial charge in [0.15, 0.2) is 17.5 Å². The summed E-state index contributed by atoms with van der Waals surface area (Å²) >= 11 is 0. The van der Waals surface area contributed by atoms with Crippen molar-refractivity contribution in [1.82, 2.24) is 10.2 Å². The van der Waals surface area contributed by atoms with Crippen molar-refractivity contribution in [2.45, 2.75) is 19.4 Å². The molecule has 0 spiro atoms. The molecular formula is C14H18F3N3O. The van der Waals surface area contributed by atoms with E-state index in [1.54, 1.807) is 0 Å². The zero-order valence-electron chi connectivity index (χ0n) is 11.8. The first kappa shape index (κ1) is 15.8. The molecule has 2 rings (SSSR count). The summed E-state index contributed by atoms with van der Waals surface area (Å²) in [6.45, 7) is 4.41. The van der Waals surface area contributed by atoms with Gasteiger partial charge in [-0.05, 0) is 31.6 Å². The molecular weight excluding hydrogens is 283 g/mol. The Balaban J connectivity index is 1.99. The van der Waals surface area contributed by atoms with Crippen molar-refractivity contribution in [3.8, 4) is 0 Å². The molecule has 7 heteroatoms. The van der Waals surface area contributed by atoms with Gasteiger partial charge in [-0.1, -0.05) is 6.92 Å². The van der Waals surface area contributed by atoms with Gasteiger partial charge >= 0.3 is 0 Å². The van der Waals surface area contributed by atoms with Crippen LogP contribution < -0.4 is 10.6 Å². The number of nitrogens with one attached hydrogen (secondary N) is 2. The Kier molecular flexibility index (Phi) is 5.19. The van der Waals surface area contributed by atoms with Crippen LogP contribution in [0.5, 0.6) is 0 Å². The number of anilines is 1. The van der Waals surface area contributed by atoms with Gasteiger partial charge in [0.25, 0.3) is 0 Å². The highest BCUT2D eigenvalue weighted by Gasteiger charge is 2.23. The largest absolute Gasteiger partial charge is 0.322 e. The summed E-state index contributed by atoms with van der Waals surface area (Å²) in [6, 6.07) is 2.06. The summed E-state index contributed by atoms with van der Waals surface area (Å²) in [6.07, 6.45) is 0.945. The number of hydrogen-bond acceptors (Lipinski definition) is 3. The normalized spacial score (nSPS) is 18.2. The molecule has 0 saturated carbocycles. The molecule has 1 aliphatic rings. The van der Waals surface area contributed by atoms with E-state index in [9.17, 15) is 18.0 Å². The van der Waals surface area contributed by atoms with Crippen molar-refractivity contribution in [3.63, 3.8) is 0 Å². The van der Waals surface area contributed by atoms with Crippen LogP contribution in [0.15, 0.2) is 12.1 Å². The molecule has 1 aromatic carbocycles. The van der Waals surface area contributed by atoms with Crippen molar-refractivity contribution < 1.29 is 18.0 Å². The van der Waals surface area contributed by atoms with Gasteiger partial charge in [0.2, 0.25) is 5.91 Å². The second-order valence-corrected chi connectivity index (χ2v) is 4.98. The summed E-state index contributed by atoms with van der Waals surface area (Å²) in [4.78, 5) is 13.9. The first-order valence-corrected chi connectivity index (χ1v) is 6.91. The van der Waals surface area contributed by atoms with Gasteiger partial charge in [-0.3, -0.25) is 9.69 Å². The topological polar surface area (TPSA) is 44.4 Å². The lowest BCUT2D eigenvalue weighted by atomic mass is 10.2. The van der Waals surface area contributed by atoms with Gasteiger partial charge in [-0.25, -0.2) is 13.2 Å². The number of halogens is 3. The van der Waals surface area contributed by atoms with E-state index in [1.165, 1.54) is 0 Å². The van der Waals surface area contributed by atoms with Gasteiger partial charge in [0, 0.05) is 12.6 Å². The molecule has 2 N–H and O–H groups in total. The lowest BCUT2D eigenvalue weighted by molar-refractivity contribution is -0.117. The zero-order valence-corrected chi connectivity index (χ0v) is 11.8. The van der Waals surface area contributed by atoms with Crippen molar-refractivity contribution in [3.05, 3.63) is 29.6 Å². The van der Waals surface area contributed by atoms with Crippen LogP contribution in [0.2, 0.25) is 0 Å². The molecule has 1 aromatic rings. The number of likely N-dealkylation sites (N-methyl/N-ethyl adjacent to an activating group) is 1. The molecule has 1 fully saturated rings. The lowest BCUT2D eigenvalue weighted by Crippen LogP contribution is -2.41. The van der Waals surface area contributed by atoms with Gasteiger partial charge < -0.3 is 10.6 Å². The standard InChI is InChI=1S/C14H18F3N3O/c1-2-20(9-5-6-18-7-9)8-12(21)19-11-4-3-10(15)13(16)14(11)17/h3-4,9,18H,2,5-8H2,1H3,(H,19,21). The molecule has 1 amide bonds. The Labute approximate surface area is 121 Å². The predicted octanol–water partition coefficient (Wildman–Crippen LogP) is 1.73. The van der Waals surface area contributed by atoms with E-state index in [-0.39, 0.29) is 18.3 Å². The second kappa shape index (κ2) is 6.91.